The highest BCUT2D eigenvalue weighted by Gasteiger charge is 2.22. The number of nitrogens with zero attached hydrogens (tertiary/aromatic N) is 2. The largest absolute Gasteiger partial charge is 0.378 e. The Morgan fingerprint density at radius 1 is 1.13 bits per heavy atom. The number of hydrogen-bond acceptors (Lipinski definition) is 4. The Kier molecular flexibility index (Phi) is 5.81. The summed E-state index contributed by atoms with van der Waals surface area (Å²) >= 11 is 0. The zero-order valence-corrected chi connectivity index (χ0v) is 17.0. The molecule has 1 aliphatic heterocycles. The zero-order valence-electron chi connectivity index (χ0n) is 17.0. The summed E-state index contributed by atoms with van der Waals surface area (Å²) in [5.74, 6) is -0.860. The summed E-state index contributed by atoms with van der Waals surface area (Å²) in [5.41, 5.74) is 2.36. The van der Waals surface area contributed by atoms with E-state index in [1.54, 1.807) is 13.1 Å². The van der Waals surface area contributed by atoms with E-state index in [2.05, 4.69) is 32.7 Å². The lowest BCUT2D eigenvalue weighted by Gasteiger charge is -2.21. The van der Waals surface area contributed by atoms with Gasteiger partial charge in [0.2, 0.25) is 0 Å². The summed E-state index contributed by atoms with van der Waals surface area (Å²) in [6, 6.07) is 12.1. The highest BCUT2D eigenvalue weighted by atomic mass is 19.3. The zero-order chi connectivity index (χ0) is 21.3. The third-order valence-electron chi connectivity index (χ3n) is 5.82. The number of nitrogens with one attached hydrogen (secondary N) is 2. The fourth-order valence-corrected chi connectivity index (χ4v) is 4.07. The lowest BCUT2D eigenvalue weighted by Crippen LogP contribution is -2.29. The molecule has 158 valence electrons. The molecule has 30 heavy (non-hydrogen) atoms. The summed E-state index contributed by atoms with van der Waals surface area (Å²) in [6.45, 7) is 3.68. The van der Waals surface area contributed by atoms with Crippen molar-refractivity contribution in [1.82, 2.24) is 10.3 Å². The molecule has 0 bridgehead atoms. The summed E-state index contributed by atoms with van der Waals surface area (Å²) in [7, 11) is 1.98. The minimum atomic E-state index is -2.84. The minimum absolute atomic E-state index is 0.213. The van der Waals surface area contributed by atoms with Crippen LogP contribution in [0.2, 0.25) is 0 Å². The number of fused-ring (bicyclic) bond motifs is 1. The van der Waals surface area contributed by atoms with Crippen molar-refractivity contribution in [3.05, 3.63) is 65.6 Å². The summed E-state index contributed by atoms with van der Waals surface area (Å²) in [6.07, 6.45) is -0.0670. The molecule has 0 aliphatic carbocycles. The molecule has 0 amide bonds. The van der Waals surface area contributed by atoms with Crippen molar-refractivity contribution < 1.29 is 13.2 Å². The van der Waals surface area contributed by atoms with Gasteiger partial charge in [-0.1, -0.05) is 18.2 Å². The molecule has 1 fully saturated rings. The first-order chi connectivity index (χ1) is 14.5. The maximum Gasteiger partial charge on any atom is 0.266 e. The molecule has 4 nitrogen and oxygen atoms in total. The van der Waals surface area contributed by atoms with Crippen molar-refractivity contribution in [3.8, 4) is 0 Å². The maximum absolute atomic E-state index is 14.6. The summed E-state index contributed by atoms with van der Waals surface area (Å²) in [5, 5.41) is 7.53. The van der Waals surface area contributed by atoms with E-state index >= 15 is 0 Å². The van der Waals surface area contributed by atoms with Crippen LogP contribution in [0.3, 0.4) is 0 Å². The van der Waals surface area contributed by atoms with Crippen LogP contribution in [-0.2, 0) is 0 Å². The Morgan fingerprint density at radius 2 is 1.93 bits per heavy atom. The SMILES string of the molecule is CN[C@@H]1CCN(c2ccc3nccc(N[C@H](C)c4cccc(C(F)F)c4F)c3c2)C1. The van der Waals surface area contributed by atoms with Crippen LogP contribution in [0, 0.1) is 5.82 Å². The second-order valence-electron chi connectivity index (χ2n) is 7.70. The Hall–Kier alpha value is -2.80. The molecule has 0 radical (unpaired) electrons. The van der Waals surface area contributed by atoms with E-state index in [1.807, 2.05) is 19.2 Å². The molecule has 2 heterocycles. The van der Waals surface area contributed by atoms with Crippen LogP contribution < -0.4 is 15.5 Å². The van der Waals surface area contributed by atoms with E-state index in [1.165, 1.54) is 12.1 Å². The van der Waals surface area contributed by atoms with Gasteiger partial charge < -0.3 is 15.5 Å². The average Bonchev–Trinajstić information content (AvgIpc) is 3.23. The van der Waals surface area contributed by atoms with Crippen molar-refractivity contribution in [2.75, 3.05) is 30.4 Å². The molecule has 4 rings (SSSR count). The molecule has 7 heteroatoms. The number of benzene rings is 2. The molecule has 2 aromatic carbocycles. The summed E-state index contributed by atoms with van der Waals surface area (Å²) in [4.78, 5) is 6.76. The Morgan fingerprint density at radius 3 is 2.67 bits per heavy atom. The van der Waals surface area contributed by atoms with Gasteiger partial charge >= 0.3 is 0 Å². The van der Waals surface area contributed by atoms with Crippen LogP contribution in [0.1, 0.15) is 36.9 Å². The van der Waals surface area contributed by atoms with E-state index in [0.29, 0.717) is 6.04 Å². The van der Waals surface area contributed by atoms with Crippen molar-refractivity contribution in [2.45, 2.75) is 31.9 Å². The van der Waals surface area contributed by atoms with E-state index < -0.39 is 23.8 Å². The summed E-state index contributed by atoms with van der Waals surface area (Å²) < 4.78 is 40.7. The third kappa shape index (κ3) is 3.94. The van der Waals surface area contributed by atoms with Crippen molar-refractivity contribution >= 4 is 22.3 Å². The van der Waals surface area contributed by atoms with E-state index in [-0.39, 0.29) is 5.56 Å². The van der Waals surface area contributed by atoms with Gasteiger partial charge in [-0.3, -0.25) is 4.98 Å². The third-order valence-corrected chi connectivity index (χ3v) is 5.82. The van der Waals surface area contributed by atoms with Crippen LogP contribution in [-0.4, -0.2) is 31.2 Å². The molecular formula is C23H25F3N4. The van der Waals surface area contributed by atoms with E-state index in [4.69, 9.17) is 0 Å². The molecule has 2 atom stereocenters. The first-order valence-electron chi connectivity index (χ1n) is 10.1. The van der Waals surface area contributed by atoms with Crippen molar-refractivity contribution in [2.24, 2.45) is 0 Å². The monoisotopic (exact) mass is 414 g/mol. The molecule has 0 saturated carbocycles. The lowest BCUT2D eigenvalue weighted by molar-refractivity contribution is 0.146. The van der Waals surface area contributed by atoms with Gasteiger partial charge in [-0.25, -0.2) is 13.2 Å². The van der Waals surface area contributed by atoms with Gasteiger partial charge in [-0.2, -0.15) is 0 Å². The van der Waals surface area contributed by atoms with Crippen molar-refractivity contribution in [3.63, 3.8) is 0 Å². The fraction of sp³-hybridized carbons (Fsp3) is 0.348. The van der Waals surface area contributed by atoms with E-state index in [0.717, 1.165) is 47.9 Å². The molecule has 3 aromatic rings. The standard InChI is InChI=1S/C23H25F3N4/c1-14(17-4-3-5-18(22(17)24)23(25)26)29-21-8-10-28-20-7-6-16(12-19(20)21)30-11-9-15(13-30)27-2/h3-8,10,12,14-15,23,27H,9,11,13H2,1-2H3,(H,28,29)/t14-,15-/m1/s1. The first kappa shape index (κ1) is 20.5. The molecule has 1 aromatic heterocycles. The second-order valence-corrected chi connectivity index (χ2v) is 7.70. The Labute approximate surface area is 174 Å². The van der Waals surface area contributed by atoms with Gasteiger partial charge in [0.1, 0.15) is 5.82 Å². The lowest BCUT2D eigenvalue weighted by atomic mass is 10.0. The van der Waals surface area contributed by atoms with E-state index in [9.17, 15) is 13.2 Å². The predicted molar refractivity (Wildman–Crippen MR) is 115 cm³/mol. The van der Waals surface area contributed by atoms with Crippen LogP contribution in [0.5, 0.6) is 0 Å². The quantitative estimate of drug-likeness (QED) is 0.576. The minimum Gasteiger partial charge on any atom is -0.378 e. The molecule has 2 N–H and O–H groups in total. The second kappa shape index (κ2) is 8.52. The van der Waals surface area contributed by atoms with Crippen LogP contribution in [0.25, 0.3) is 10.9 Å². The number of hydrogen-bond donors (Lipinski definition) is 2. The molecule has 0 spiro atoms. The number of alkyl halides is 2. The number of halogens is 3. The van der Waals surface area contributed by atoms with Gasteiger partial charge in [-0.15, -0.1) is 0 Å². The van der Waals surface area contributed by atoms with Crippen LogP contribution in [0.4, 0.5) is 24.5 Å². The fourth-order valence-electron chi connectivity index (χ4n) is 4.07. The topological polar surface area (TPSA) is 40.2 Å². The average molecular weight is 414 g/mol. The Bertz CT molecular complexity index is 1040. The molecule has 0 unspecified atom stereocenters. The molecule has 1 aliphatic rings. The van der Waals surface area contributed by atoms with Crippen LogP contribution in [0.15, 0.2) is 48.7 Å². The number of rotatable bonds is 6. The molecular weight excluding hydrogens is 389 g/mol. The van der Waals surface area contributed by atoms with Crippen LogP contribution >= 0.6 is 0 Å². The van der Waals surface area contributed by atoms with Gasteiger partial charge in [0, 0.05) is 47.7 Å². The number of likely N-dealkylation sites (N-methyl/N-ethyl adjacent to an activating group) is 1. The predicted octanol–water partition coefficient (Wildman–Crippen LogP) is 5.28. The molecule has 1 saturated heterocycles. The first-order valence-corrected chi connectivity index (χ1v) is 10.1. The van der Waals surface area contributed by atoms with Gasteiger partial charge in [0.15, 0.2) is 0 Å². The van der Waals surface area contributed by atoms with Gasteiger partial charge in [0.25, 0.3) is 6.43 Å². The number of aromatic nitrogens is 1. The number of pyridine rings is 1. The smallest absolute Gasteiger partial charge is 0.266 e. The highest BCUT2D eigenvalue weighted by Crippen LogP contribution is 2.32. The number of anilines is 2. The van der Waals surface area contributed by atoms with Gasteiger partial charge in [-0.05, 0) is 44.7 Å². The van der Waals surface area contributed by atoms with Crippen molar-refractivity contribution in [1.29, 1.82) is 0 Å². The van der Waals surface area contributed by atoms with Gasteiger partial charge in [0.05, 0.1) is 17.1 Å². The maximum atomic E-state index is 14.6. The highest BCUT2D eigenvalue weighted by molar-refractivity contribution is 5.93. The normalized spacial score (nSPS) is 17.7. The Balaban J connectivity index is 1.64.